The largest absolute Gasteiger partial charge is 0.496 e. The number of aromatic nitrogens is 1. The quantitative estimate of drug-likeness (QED) is 0.822. The Balaban J connectivity index is 2.13. The molecule has 7 heteroatoms. The number of carbonyl (C=O) groups excluding carboxylic acids is 3. The van der Waals surface area contributed by atoms with Gasteiger partial charge in [0.05, 0.1) is 13.5 Å². The number of hydrogen-bond acceptors (Lipinski definition) is 6. The van der Waals surface area contributed by atoms with Gasteiger partial charge < -0.3 is 10.1 Å². The predicted molar refractivity (Wildman–Crippen MR) is 87.5 cm³/mol. The summed E-state index contributed by atoms with van der Waals surface area (Å²) in [7, 11) is 1.50. The number of nitrogens with zero attached hydrogens (tertiary/aromatic N) is 1. The molecule has 0 saturated carbocycles. The SMILES string of the molecule is COc1ccc(C(C)=O)cc1CC(=O)Nc1nc(C(C)=O)cs1. The number of amides is 1. The number of rotatable bonds is 6. The summed E-state index contributed by atoms with van der Waals surface area (Å²) in [5.74, 6) is 0.0000742. The van der Waals surface area contributed by atoms with Crippen molar-refractivity contribution in [3.8, 4) is 5.75 Å². The van der Waals surface area contributed by atoms with Gasteiger partial charge in [0.25, 0.3) is 0 Å². The summed E-state index contributed by atoms with van der Waals surface area (Å²) in [5, 5.41) is 4.60. The van der Waals surface area contributed by atoms with Crippen LogP contribution in [0.25, 0.3) is 0 Å². The number of ether oxygens (including phenoxy) is 1. The Bertz CT molecular complexity index is 767. The zero-order valence-electron chi connectivity index (χ0n) is 13.0. The van der Waals surface area contributed by atoms with E-state index in [1.807, 2.05) is 0 Å². The molecule has 0 atom stereocenters. The molecule has 1 aromatic heterocycles. The molecule has 2 aromatic rings. The van der Waals surface area contributed by atoms with Crippen LogP contribution >= 0.6 is 11.3 Å². The molecule has 0 saturated heterocycles. The molecule has 23 heavy (non-hydrogen) atoms. The third-order valence-corrected chi connectivity index (χ3v) is 3.91. The molecule has 0 unspecified atom stereocenters. The number of ketones is 2. The van der Waals surface area contributed by atoms with Crippen molar-refractivity contribution in [2.75, 3.05) is 12.4 Å². The first kappa shape index (κ1) is 16.8. The molecule has 1 N–H and O–H groups in total. The van der Waals surface area contributed by atoms with Gasteiger partial charge in [-0.2, -0.15) is 0 Å². The second kappa shape index (κ2) is 7.15. The van der Waals surface area contributed by atoms with E-state index in [4.69, 9.17) is 4.74 Å². The molecular formula is C16H16N2O4S. The van der Waals surface area contributed by atoms with E-state index < -0.39 is 0 Å². The van der Waals surface area contributed by atoms with Gasteiger partial charge in [0, 0.05) is 23.4 Å². The molecule has 0 aliphatic carbocycles. The van der Waals surface area contributed by atoms with Crippen LogP contribution in [0.2, 0.25) is 0 Å². The molecule has 0 aliphatic heterocycles. The Morgan fingerprint density at radius 1 is 1.22 bits per heavy atom. The zero-order valence-corrected chi connectivity index (χ0v) is 13.8. The molecule has 1 aromatic carbocycles. The number of thiazole rings is 1. The fourth-order valence-corrected chi connectivity index (χ4v) is 2.73. The Morgan fingerprint density at radius 2 is 1.96 bits per heavy atom. The van der Waals surface area contributed by atoms with Crippen LogP contribution in [-0.2, 0) is 11.2 Å². The van der Waals surface area contributed by atoms with Crippen molar-refractivity contribution in [1.82, 2.24) is 4.98 Å². The van der Waals surface area contributed by atoms with E-state index in [1.165, 1.54) is 32.3 Å². The van der Waals surface area contributed by atoms with Gasteiger partial charge in [-0.05, 0) is 25.1 Å². The monoisotopic (exact) mass is 332 g/mol. The van der Waals surface area contributed by atoms with E-state index in [9.17, 15) is 14.4 Å². The van der Waals surface area contributed by atoms with E-state index in [-0.39, 0.29) is 23.9 Å². The van der Waals surface area contributed by atoms with Crippen molar-refractivity contribution in [2.45, 2.75) is 20.3 Å². The summed E-state index contributed by atoms with van der Waals surface area (Å²) in [4.78, 5) is 38.8. The van der Waals surface area contributed by atoms with Gasteiger partial charge in [-0.15, -0.1) is 11.3 Å². The van der Waals surface area contributed by atoms with Gasteiger partial charge in [-0.25, -0.2) is 4.98 Å². The molecule has 0 spiro atoms. The van der Waals surface area contributed by atoms with Crippen LogP contribution in [0.3, 0.4) is 0 Å². The normalized spacial score (nSPS) is 10.2. The lowest BCUT2D eigenvalue weighted by Gasteiger charge is -2.09. The van der Waals surface area contributed by atoms with E-state index >= 15 is 0 Å². The number of Topliss-reactive ketones (excluding diaryl/α,β-unsaturated/α-hetero) is 2. The highest BCUT2D eigenvalue weighted by atomic mass is 32.1. The number of hydrogen-bond donors (Lipinski definition) is 1. The standard InChI is InChI=1S/C16H16N2O4S/c1-9(19)11-4-5-14(22-3)12(6-11)7-15(21)18-16-17-13(8-23-16)10(2)20/h4-6,8H,7H2,1-3H3,(H,17,18,21). The average Bonchev–Trinajstić information content (AvgIpc) is 2.95. The summed E-state index contributed by atoms with van der Waals surface area (Å²) in [6, 6.07) is 4.96. The smallest absolute Gasteiger partial charge is 0.230 e. The summed E-state index contributed by atoms with van der Waals surface area (Å²) in [5.41, 5.74) is 1.45. The van der Waals surface area contributed by atoms with E-state index in [0.29, 0.717) is 27.7 Å². The lowest BCUT2D eigenvalue weighted by molar-refractivity contribution is -0.115. The third kappa shape index (κ3) is 4.23. The molecule has 120 valence electrons. The van der Waals surface area contributed by atoms with Gasteiger partial charge in [0.15, 0.2) is 16.7 Å². The second-order valence-electron chi connectivity index (χ2n) is 4.90. The Morgan fingerprint density at radius 3 is 2.52 bits per heavy atom. The van der Waals surface area contributed by atoms with Crippen LogP contribution in [0.4, 0.5) is 5.13 Å². The number of carbonyl (C=O) groups is 3. The molecule has 1 heterocycles. The molecule has 0 fully saturated rings. The lowest BCUT2D eigenvalue weighted by atomic mass is 10.0. The summed E-state index contributed by atoms with van der Waals surface area (Å²) < 4.78 is 5.22. The van der Waals surface area contributed by atoms with Crippen molar-refractivity contribution in [1.29, 1.82) is 0 Å². The van der Waals surface area contributed by atoms with Gasteiger partial charge in [-0.3, -0.25) is 14.4 Å². The fourth-order valence-electron chi connectivity index (χ4n) is 1.97. The second-order valence-corrected chi connectivity index (χ2v) is 5.76. The third-order valence-electron chi connectivity index (χ3n) is 3.15. The first-order chi connectivity index (χ1) is 10.9. The molecule has 0 radical (unpaired) electrons. The van der Waals surface area contributed by atoms with Crippen molar-refractivity contribution in [3.63, 3.8) is 0 Å². The van der Waals surface area contributed by atoms with Gasteiger partial charge in [-0.1, -0.05) is 0 Å². The number of nitrogens with one attached hydrogen (secondary N) is 1. The highest BCUT2D eigenvalue weighted by Gasteiger charge is 2.13. The molecule has 0 aliphatic rings. The first-order valence-corrected chi connectivity index (χ1v) is 7.73. The maximum atomic E-state index is 12.1. The van der Waals surface area contributed by atoms with Crippen LogP contribution in [0.5, 0.6) is 5.75 Å². The van der Waals surface area contributed by atoms with E-state index in [2.05, 4.69) is 10.3 Å². The van der Waals surface area contributed by atoms with Crippen LogP contribution in [-0.4, -0.2) is 29.6 Å². The minimum atomic E-state index is -0.298. The van der Waals surface area contributed by atoms with Gasteiger partial charge >= 0.3 is 0 Å². The average molecular weight is 332 g/mol. The van der Waals surface area contributed by atoms with Crippen LogP contribution in [0.15, 0.2) is 23.6 Å². The molecule has 0 bridgehead atoms. The van der Waals surface area contributed by atoms with Crippen LogP contribution in [0.1, 0.15) is 40.3 Å². The van der Waals surface area contributed by atoms with Crippen molar-refractivity contribution < 1.29 is 19.1 Å². The molecule has 2 rings (SSSR count). The minimum absolute atomic E-state index is 0.0410. The highest BCUT2D eigenvalue weighted by Crippen LogP contribution is 2.22. The van der Waals surface area contributed by atoms with E-state index in [0.717, 1.165) is 0 Å². The predicted octanol–water partition coefficient (Wildman–Crippen LogP) is 2.74. The lowest BCUT2D eigenvalue weighted by Crippen LogP contribution is -2.15. The van der Waals surface area contributed by atoms with E-state index in [1.54, 1.807) is 23.6 Å². The molecule has 1 amide bonds. The first-order valence-electron chi connectivity index (χ1n) is 6.85. The fraction of sp³-hybridized carbons (Fsp3) is 0.250. The van der Waals surface area contributed by atoms with Crippen molar-refractivity contribution >= 4 is 33.9 Å². The number of methoxy groups -OCH3 is 1. The topological polar surface area (TPSA) is 85.4 Å². The summed E-state index contributed by atoms with van der Waals surface area (Å²) in [6.07, 6.45) is 0.0410. The Kier molecular flexibility index (Phi) is 5.23. The van der Waals surface area contributed by atoms with Crippen LogP contribution < -0.4 is 10.1 Å². The molecular weight excluding hydrogens is 316 g/mol. The summed E-state index contributed by atoms with van der Waals surface area (Å²) >= 11 is 1.19. The Hall–Kier alpha value is -2.54. The zero-order chi connectivity index (χ0) is 17.0. The number of benzene rings is 1. The Labute approximate surface area is 137 Å². The van der Waals surface area contributed by atoms with Gasteiger partial charge in [0.2, 0.25) is 5.91 Å². The van der Waals surface area contributed by atoms with Crippen LogP contribution in [0, 0.1) is 0 Å². The van der Waals surface area contributed by atoms with Gasteiger partial charge in [0.1, 0.15) is 11.4 Å². The minimum Gasteiger partial charge on any atom is -0.496 e. The van der Waals surface area contributed by atoms with Crippen molar-refractivity contribution in [2.24, 2.45) is 0 Å². The summed E-state index contributed by atoms with van der Waals surface area (Å²) in [6.45, 7) is 2.88. The number of anilines is 1. The van der Waals surface area contributed by atoms with Crippen molar-refractivity contribution in [3.05, 3.63) is 40.4 Å². The molecule has 6 nitrogen and oxygen atoms in total. The highest BCUT2D eigenvalue weighted by molar-refractivity contribution is 7.14. The maximum absolute atomic E-state index is 12.1. The maximum Gasteiger partial charge on any atom is 0.230 e.